The maximum atomic E-state index is 12.0. The van der Waals surface area contributed by atoms with Crippen molar-refractivity contribution in [3.63, 3.8) is 0 Å². The summed E-state index contributed by atoms with van der Waals surface area (Å²) >= 11 is 0. The van der Waals surface area contributed by atoms with Crippen LogP contribution in [0.25, 0.3) is 0 Å². The van der Waals surface area contributed by atoms with Crippen LogP contribution in [0.2, 0.25) is 0 Å². The van der Waals surface area contributed by atoms with E-state index < -0.39 is 0 Å². The fourth-order valence-corrected chi connectivity index (χ4v) is 2.54. The van der Waals surface area contributed by atoms with E-state index in [4.69, 9.17) is 14.2 Å². The van der Waals surface area contributed by atoms with Crippen molar-refractivity contribution in [1.82, 2.24) is 5.32 Å². The molecule has 0 aliphatic heterocycles. The Balaban J connectivity index is 1.66. The maximum Gasteiger partial charge on any atom is 0.220 e. The molecule has 0 saturated carbocycles. The molecule has 0 aliphatic rings. The van der Waals surface area contributed by atoms with E-state index in [1.807, 2.05) is 43.3 Å². The van der Waals surface area contributed by atoms with Gasteiger partial charge in [-0.1, -0.05) is 12.1 Å². The minimum absolute atomic E-state index is 0.0299. The largest absolute Gasteiger partial charge is 0.497 e. The number of benzene rings is 2. The summed E-state index contributed by atoms with van der Waals surface area (Å²) in [4.78, 5) is 12.0. The first-order valence-corrected chi connectivity index (χ1v) is 8.79. The van der Waals surface area contributed by atoms with Gasteiger partial charge in [-0.3, -0.25) is 4.79 Å². The van der Waals surface area contributed by atoms with Crippen LogP contribution in [0.15, 0.2) is 42.5 Å². The molecular weight excluding hydrogens is 330 g/mol. The van der Waals surface area contributed by atoms with Crippen molar-refractivity contribution in [2.24, 2.45) is 0 Å². The van der Waals surface area contributed by atoms with Crippen LogP contribution in [0.3, 0.4) is 0 Å². The minimum Gasteiger partial charge on any atom is -0.497 e. The van der Waals surface area contributed by atoms with Crippen molar-refractivity contribution < 1.29 is 19.0 Å². The number of ether oxygens (including phenoxy) is 3. The van der Waals surface area contributed by atoms with Crippen molar-refractivity contribution >= 4 is 5.91 Å². The Bertz CT molecular complexity index is 693. The average molecular weight is 357 g/mol. The fourth-order valence-electron chi connectivity index (χ4n) is 2.54. The molecule has 0 unspecified atom stereocenters. The SMILES string of the molecule is COc1cc(CNC(=O)CCCCOc2cccc(C)c2)cc(OC)c1. The Morgan fingerprint density at radius 1 is 0.962 bits per heavy atom. The van der Waals surface area contributed by atoms with Crippen molar-refractivity contribution in [1.29, 1.82) is 0 Å². The molecule has 5 nitrogen and oxygen atoms in total. The summed E-state index contributed by atoms with van der Waals surface area (Å²) in [7, 11) is 3.21. The number of aryl methyl sites for hydroxylation is 1. The number of methoxy groups -OCH3 is 2. The van der Waals surface area contributed by atoms with Gasteiger partial charge in [0.1, 0.15) is 17.2 Å². The molecule has 2 aromatic carbocycles. The standard InChI is InChI=1S/C21H27NO4/c1-16-7-6-8-18(11-16)26-10-5-4-9-21(23)22-15-17-12-19(24-2)14-20(13-17)25-3/h6-8,11-14H,4-5,9-10,15H2,1-3H3,(H,22,23). The number of rotatable bonds is 10. The van der Waals surface area contributed by atoms with Crippen LogP contribution in [0.4, 0.5) is 0 Å². The summed E-state index contributed by atoms with van der Waals surface area (Å²) < 4.78 is 16.2. The topological polar surface area (TPSA) is 56.8 Å². The van der Waals surface area contributed by atoms with E-state index in [1.54, 1.807) is 20.3 Å². The van der Waals surface area contributed by atoms with Gasteiger partial charge < -0.3 is 19.5 Å². The summed E-state index contributed by atoms with van der Waals surface area (Å²) in [6, 6.07) is 13.6. The third-order valence-corrected chi connectivity index (χ3v) is 3.96. The molecule has 140 valence electrons. The van der Waals surface area contributed by atoms with E-state index in [-0.39, 0.29) is 5.91 Å². The zero-order valence-corrected chi connectivity index (χ0v) is 15.7. The van der Waals surface area contributed by atoms with Gasteiger partial charge in [0.05, 0.1) is 20.8 Å². The summed E-state index contributed by atoms with van der Waals surface area (Å²) in [5.74, 6) is 2.33. The normalized spacial score (nSPS) is 10.3. The highest BCUT2D eigenvalue weighted by Gasteiger charge is 2.05. The highest BCUT2D eigenvalue weighted by atomic mass is 16.5. The van der Waals surface area contributed by atoms with Crippen LogP contribution >= 0.6 is 0 Å². The van der Waals surface area contributed by atoms with Gasteiger partial charge >= 0.3 is 0 Å². The van der Waals surface area contributed by atoms with E-state index in [0.29, 0.717) is 31.1 Å². The Morgan fingerprint density at radius 2 is 1.69 bits per heavy atom. The van der Waals surface area contributed by atoms with E-state index in [0.717, 1.165) is 24.2 Å². The number of amides is 1. The number of unbranched alkanes of at least 4 members (excludes halogenated alkanes) is 1. The molecule has 5 heteroatoms. The number of nitrogens with one attached hydrogen (secondary N) is 1. The molecule has 0 radical (unpaired) electrons. The Morgan fingerprint density at radius 3 is 2.35 bits per heavy atom. The van der Waals surface area contributed by atoms with E-state index in [2.05, 4.69) is 5.32 Å². The van der Waals surface area contributed by atoms with Crippen LogP contribution in [-0.2, 0) is 11.3 Å². The van der Waals surface area contributed by atoms with Gasteiger partial charge in [-0.05, 0) is 55.2 Å². The molecule has 0 aromatic heterocycles. The first kappa shape index (κ1) is 19.6. The van der Waals surface area contributed by atoms with Gasteiger partial charge in [0.25, 0.3) is 0 Å². The molecule has 0 heterocycles. The van der Waals surface area contributed by atoms with Crippen molar-refractivity contribution in [2.45, 2.75) is 32.7 Å². The van der Waals surface area contributed by atoms with E-state index in [1.165, 1.54) is 5.56 Å². The Kier molecular flexibility index (Phi) is 7.80. The maximum absolute atomic E-state index is 12.0. The second-order valence-corrected chi connectivity index (χ2v) is 6.12. The quantitative estimate of drug-likeness (QED) is 0.656. The molecule has 0 aliphatic carbocycles. The van der Waals surface area contributed by atoms with Gasteiger partial charge in [0.15, 0.2) is 0 Å². The molecular formula is C21H27NO4. The van der Waals surface area contributed by atoms with Gasteiger partial charge in [0, 0.05) is 19.0 Å². The lowest BCUT2D eigenvalue weighted by Gasteiger charge is -2.10. The molecule has 0 spiro atoms. The monoisotopic (exact) mass is 357 g/mol. The first-order chi connectivity index (χ1) is 12.6. The second kappa shape index (κ2) is 10.3. The summed E-state index contributed by atoms with van der Waals surface area (Å²) in [5.41, 5.74) is 2.12. The summed E-state index contributed by atoms with van der Waals surface area (Å²) in [6.45, 7) is 3.10. The van der Waals surface area contributed by atoms with E-state index in [9.17, 15) is 4.79 Å². The van der Waals surface area contributed by atoms with E-state index >= 15 is 0 Å². The fraction of sp³-hybridized carbons (Fsp3) is 0.381. The molecule has 1 amide bonds. The molecule has 0 atom stereocenters. The van der Waals surface area contributed by atoms with Crippen LogP contribution in [0.5, 0.6) is 17.2 Å². The van der Waals surface area contributed by atoms with Crippen LogP contribution in [0, 0.1) is 6.92 Å². The molecule has 0 fully saturated rings. The van der Waals surface area contributed by atoms with Crippen molar-refractivity contribution in [3.8, 4) is 17.2 Å². The third-order valence-electron chi connectivity index (χ3n) is 3.96. The second-order valence-electron chi connectivity index (χ2n) is 6.12. The molecule has 2 aromatic rings. The predicted octanol–water partition coefficient (Wildman–Crippen LogP) is 3.88. The highest BCUT2D eigenvalue weighted by Crippen LogP contribution is 2.22. The lowest BCUT2D eigenvalue weighted by atomic mass is 10.2. The van der Waals surface area contributed by atoms with Crippen molar-refractivity contribution in [2.75, 3.05) is 20.8 Å². The number of hydrogen-bond acceptors (Lipinski definition) is 4. The summed E-state index contributed by atoms with van der Waals surface area (Å²) in [6.07, 6.45) is 2.12. The zero-order chi connectivity index (χ0) is 18.8. The minimum atomic E-state index is 0.0299. The Hall–Kier alpha value is -2.69. The van der Waals surface area contributed by atoms with Crippen LogP contribution in [-0.4, -0.2) is 26.7 Å². The van der Waals surface area contributed by atoms with Gasteiger partial charge in [-0.25, -0.2) is 0 Å². The van der Waals surface area contributed by atoms with Crippen molar-refractivity contribution in [3.05, 3.63) is 53.6 Å². The smallest absolute Gasteiger partial charge is 0.220 e. The molecule has 0 bridgehead atoms. The van der Waals surface area contributed by atoms with Crippen LogP contribution < -0.4 is 19.5 Å². The molecule has 2 rings (SSSR count). The number of hydrogen-bond donors (Lipinski definition) is 1. The average Bonchev–Trinajstić information content (AvgIpc) is 2.65. The third kappa shape index (κ3) is 6.67. The Labute approximate surface area is 155 Å². The van der Waals surface area contributed by atoms with Gasteiger partial charge in [-0.15, -0.1) is 0 Å². The lowest BCUT2D eigenvalue weighted by molar-refractivity contribution is -0.121. The molecule has 1 N–H and O–H groups in total. The van der Waals surface area contributed by atoms with Crippen LogP contribution in [0.1, 0.15) is 30.4 Å². The number of carbonyl (C=O) groups is 1. The number of carbonyl (C=O) groups excluding carboxylic acids is 1. The van der Waals surface area contributed by atoms with Gasteiger partial charge in [0.2, 0.25) is 5.91 Å². The van der Waals surface area contributed by atoms with Gasteiger partial charge in [-0.2, -0.15) is 0 Å². The summed E-state index contributed by atoms with van der Waals surface area (Å²) in [5, 5.41) is 2.93. The highest BCUT2D eigenvalue weighted by molar-refractivity contribution is 5.75. The first-order valence-electron chi connectivity index (χ1n) is 8.79. The lowest BCUT2D eigenvalue weighted by Crippen LogP contribution is -2.22. The predicted molar refractivity (Wildman–Crippen MR) is 102 cm³/mol. The zero-order valence-electron chi connectivity index (χ0n) is 15.7. The molecule has 0 saturated heterocycles. The molecule has 26 heavy (non-hydrogen) atoms.